The van der Waals surface area contributed by atoms with Crippen molar-refractivity contribution in [3.05, 3.63) is 41.0 Å². The lowest BCUT2D eigenvalue weighted by Crippen LogP contribution is -2.48. The van der Waals surface area contributed by atoms with Crippen molar-refractivity contribution in [2.45, 2.75) is 84.2 Å². The second-order valence-corrected chi connectivity index (χ2v) is 12.7. The molecule has 2 amide bonds. The Bertz CT molecular complexity index is 1470. The van der Waals surface area contributed by atoms with Crippen molar-refractivity contribution in [1.82, 2.24) is 9.88 Å². The second kappa shape index (κ2) is 9.08. The molecule has 39 heavy (non-hydrogen) atoms. The summed E-state index contributed by atoms with van der Waals surface area (Å²) in [5, 5.41) is 1.79. The van der Waals surface area contributed by atoms with Crippen LogP contribution in [0.15, 0.2) is 24.3 Å². The molecule has 3 aromatic rings. The maximum absolute atomic E-state index is 13.4. The van der Waals surface area contributed by atoms with Crippen LogP contribution in [0.25, 0.3) is 21.8 Å². The van der Waals surface area contributed by atoms with Crippen LogP contribution in [-0.4, -0.2) is 65.3 Å². The van der Waals surface area contributed by atoms with E-state index in [2.05, 4.69) is 11.1 Å². The molecule has 3 heterocycles. The first-order valence-corrected chi connectivity index (χ1v) is 14.1. The Morgan fingerprint density at radius 2 is 1.67 bits per heavy atom. The van der Waals surface area contributed by atoms with Crippen molar-refractivity contribution in [3.8, 4) is 0 Å². The third-order valence-corrected chi connectivity index (χ3v) is 8.94. The highest BCUT2D eigenvalue weighted by molar-refractivity contribution is 6.63. The molecule has 0 bridgehead atoms. The number of rotatable bonds is 5. The number of primary amides is 1. The number of hydrogen-bond donors (Lipinski definition) is 2. The monoisotopic (exact) mass is 531 g/mol. The maximum Gasteiger partial charge on any atom is 0.495 e. The smallest absolute Gasteiger partial charge is 0.399 e. The number of hydrogen-bond acceptors (Lipinski definition) is 5. The van der Waals surface area contributed by atoms with Crippen LogP contribution in [0, 0.1) is 5.92 Å². The van der Waals surface area contributed by atoms with E-state index in [0.29, 0.717) is 35.7 Å². The molecular formula is C30H38BN3O5. The van der Waals surface area contributed by atoms with Gasteiger partial charge in [-0.25, -0.2) is 0 Å². The lowest BCUT2D eigenvalue weighted by molar-refractivity contribution is -0.0586. The van der Waals surface area contributed by atoms with E-state index < -0.39 is 24.2 Å². The number of H-pyrrole nitrogens is 1. The molecule has 2 aromatic carbocycles. The molecule has 2 atom stereocenters. The molecule has 0 spiro atoms. The summed E-state index contributed by atoms with van der Waals surface area (Å²) in [6.45, 7) is 13.2. The average Bonchev–Trinajstić information content (AvgIpc) is 3.54. The van der Waals surface area contributed by atoms with Crippen LogP contribution in [0.2, 0.25) is 0 Å². The van der Waals surface area contributed by atoms with Gasteiger partial charge in [-0.15, -0.1) is 0 Å². The molecule has 9 heteroatoms. The Hall–Kier alpha value is -2.88. The van der Waals surface area contributed by atoms with Gasteiger partial charge in [0.15, 0.2) is 0 Å². The number of fused-ring (bicyclic) bond motifs is 3. The Morgan fingerprint density at radius 1 is 1.03 bits per heavy atom. The van der Waals surface area contributed by atoms with Crippen LogP contribution in [0.5, 0.6) is 0 Å². The number of morpholine rings is 1. The van der Waals surface area contributed by atoms with E-state index in [-0.39, 0.29) is 18.1 Å². The van der Waals surface area contributed by atoms with E-state index in [9.17, 15) is 9.59 Å². The van der Waals surface area contributed by atoms with E-state index in [0.717, 1.165) is 46.6 Å². The molecule has 3 aliphatic rings. The molecule has 8 nitrogen and oxygen atoms in total. The van der Waals surface area contributed by atoms with Gasteiger partial charge in [0, 0.05) is 34.9 Å². The first kappa shape index (κ1) is 26.4. The van der Waals surface area contributed by atoms with Crippen molar-refractivity contribution in [3.63, 3.8) is 0 Å². The fourth-order valence-corrected chi connectivity index (χ4v) is 6.05. The standard InChI is InChI=1S/C30H38BN3O5/c1-16-14-34(15-17(2)37-16)28(36)19-9-10-20-21-13-23(31-38-29(3,4)30(5,6)39-31)22(11-18-7-8-18)25(27(32)35)26(21)33-24(20)12-19/h9-10,12-13,16-18,33H,7-8,11,14-15H2,1-6H3,(H2,32,35)/t16-,17+. The number of nitrogens with zero attached hydrogens (tertiary/aromatic N) is 1. The van der Waals surface area contributed by atoms with Gasteiger partial charge in [-0.3, -0.25) is 9.59 Å². The lowest BCUT2D eigenvalue weighted by atomic mass is 9.72. The number of carbonyl (C=O) groups is 2. The van der Waals surface area contributed by atoms with Gasteiger partial charge >= 0.3 is 7.12 Å². The predicted molar refractivity (Wildman–Crippen MR) is 152 cm³/mol. The molecule has 0 unspecified atom stereocenters. The molecule has 3 N–H and O–H groups in total. The highest BCUT2D eigenvalue weighted by atomic mass is 16.7. The van der Waals surface area contributed by atoms with Crippen LogP contribution < -0.4 is 11.2 Å². The SMILES string of the molecule is C[C@@H]1CN(C(=O)c2ccc3c(c2)[nH]c2c(C(N)=O)c(CC4CC4)c(B4OC(C)(C)C(C)(C)O4)cc23)C[C@H](C)O1. The number of nitrogens with two attached hydrogens (primary N) is 1. The number of benzene rings is 2. The summed E-state index contributed by atoms with van der Waals surface area (Å²) < 4.78 is 18.7. The minimum atomic E-state index is -0.609. The molecule has 2 aliphatic heterocycles. The first-order valence-electron chi connectivity index (χ1n) is 14.1. The zero-order valence-electron chi connectivity index (χ0n) is 23.7. The molecule has 1 saturated carbocycles. The van der Waals surface area contributed by atoms with E-state index >= 15 is 0 Å². The van der Waals surface area contributed by atoms with Gasteiger partial charge in [-0.2, -0.15) is 0 Å². The van der Waals surface area contributed by atoms with Crippen LogP contribution in [0.1, 0.15) is 80.7 Å². The van der Waals surface area contributed by atoms with Crippen molar-refractivity contribution in [2.75, 3.05) is 13.1 Å². The summed E-state index contributed by atoms with van der Waals surface area (Å²) in [6.07, 6.45) is 3.00. The van der Waals surface area contributed by atoms with Crippen LogP contribution >= 0.6 is 0 Å². The number of aromatic nitrogens is 1. The van der Waals surface area contributed by atoms with Crippen molar-refractivity contribution in [2.24, 2.45) is 11.7 Å². The van der Waals surface area contributed by atoms with Crippen LogP contribution in [-0.2, 0) is 20.5 Å². The zero-order valence-corrected chi connectivity index (χ0v) is 23.7. The van der Waals surface area contributed by atoms with E-state index in [1.165, 1.54) is 0 Å². The zero-order chi connectivity index (χ0) is 27.9. The Labute approximate surface area is 229 Å². The predicted octanol–water partition coefficient (Wildman–Crippen LogP) is 3.92. The van der Waals surface area contributed by atoms with Gasteiger partial charge in [-0.05, 0) is 89.9 Å². The largest absolute Gasteiger partial charge is 0.495 e. The minimum absolute atomic E-state index is 0.00841. The molecular weight excluding hydrogens is 493 g/mol. The summed E-state index contributed by atoms with van der Waals surface area (Å²) >= 11 is 0. The first-order chi connectivity index (χ1) is 18.3. The molecule has 2 saturated heterocycles. The quantitative estimate of drug-likeness (QED) is 0.486. The van der Waals surface area contributed by atoms with E-state index in [1.807, 2.05) is 64.6 Å². The number of carbonyl (C=O) groups excluding carboxylic acids is 2. The van der Waals surface area contributed by atoms with E-state index in [4.69, 9.17) is 19.8 Å². The summed E-state index contributed by atoms with van der Waals surface area (Å²) in [7, 11) is -0.609. The number of aromatic amines is 1. The van der Waals surface area contributed by atoms with Gasteiger partial charge < -0.3 is 29.7 Å². The topological polar surface area (TPSA) is 107 Å². The average molecular weight is 531 g/mol. The highest BCUT2D eigenvalue weighted by Crippen LogP contribution is 2.40. The molecule has 0 radical (unpaired) electrons. The third kappa shape index (κ3) is 4.54. The minimum Gasteiger partial charge on any atom is -0.399 e. The number of nitrogens with one attached hydrogen (secondary N) is 1. The molecule has 1 aliphatic carbocycles. The summed E-state index contributed by atoms with van der Waals surface area (Å²) in [6, 6.07) is 7.78. The van der Waals surface area contributed by atoms with Gasteiger partial charge in [0.25, 0.3) is 11.8 Å². The summed E-state index contributed by atoms with van der Waals surface area (Å²) in [5.74, 6) is 0.0156. The summed E-state index contributed by atoms with van der Waals surface area (Å²) in [4.78, 5) is 31.7. The highest BCUT2D eigenvalue weighted by Gasteiger charge is 2.52. The van der Waals surface area contributed by atoms with Crippen molar-refractivity contribution in [1.29, 1.82) is 0 Å². The van der Waals surface area contributed by atoms with E-state index in [1.54, 1.807) is 0 Å². The lowest BCUT2D eigenvalue weighted by Gasteiger charge is -2.35. The fraction of sp³-hybridized carbons (Fsp3) is 0.533. The van der Waals surface area contributed by atoms with Crippen molar-refractivity contribution < 1.29 is 23.6 Å². The summed E-state index contributed by atoms with van der Waals surface area (Å²) in [5.41, 5.74) is 9.37. The molecule has 3 fully saturated rings. The molecule has 1 aromatic heterocycles. The van der Waals surface area contributed by atoms with Gasteiger partial charge in [0.05, 0.1) is 34.5 Å². The van der Waals surface area contributed by atoms with Gasteiger partial charge in [-0.1, -0.05) is 12.1 Å². The Balaban J connectivity index is 1.48. The Morgan fingerprint density at radius 3 is 2.26 bits per heavy atom. The van der Waals surface area contributed by atoms with Gasteiger partial charge in [0.1, 0.15) is 0 Å². The van der Waals surface area contributed by atoms with Gasteiger partial charge in [0.2, 0.25) is 0 Å². The number of amides is 2. The normalized spacial score (nSPS) is 24.6. The third-order valence-electron chi connectivity index (χ3n) is 8.94. The molecule has 206 valence electrons. The second-order valence-electron chi connectivity index (χ2n) is 12.7. The van der Waals surface area contributed by atoms with Crippen molar-refractivity contribution >= 4 is 46.2 Å². The Kier molecular flexibility index (Phi) is 6.13. The van der Waals surface area contributed by atoms with Crippen LogP contribution in [0.3, 0.4) is 0 Å². The fourth-order valence-electron chi connectivity index (χ4n) is 6.05. The number of ether oxygens (including phenoxy) is 1. The maximum atomic E-state index is 13.4. The molecule has 6 rings (SSSR count). The van der Waals surface area contributed by atoms with Crippen LogP contribution in [0.4, 0.5) is 0 Å².